The van der Waals surface area contributed by atoms with Crippen molar-refractivity contribution in [2.45, 2.75) is 0 Å². The second-order valence-electron chi connectivity index (χ2n) is 5.31. The number of benzene rings is 2. The molecule has 3 rings (SSSR count). The lowest BCUT2D eigenvalue weighted by atomic mass is 10.2. The summed E-state index contributed by atoms with van der Waals surface area (Å²) in [4.78, 5) is 22.1. The number of aromatic nitrogens is 2. The number of carbonyl (C=O) groups is 1. The molecule has 0 saturated carbocycles. The van der Waals surface area contributed by atoms with Gasteiger partial charge in [-0.1, -0.05) is 5.10 Å². The molecule has 0 aliphatic heterocycles. The SMILES string of the molecule is COc1ccc(-c2nnc(NC(=O)C=Cc3ccc([N+](=O)[O-])cc3)o2)cc1. The van der Waals surface area contributed by atoms with Crippen molar-refractivity contribution in [2.75, 3.05) is 12.4 Å². The summed E-state index contributed by atoms with van der Waals surface area (Å²) < 4.78 is 10.5. The van der Waals surface area contributed by atoms with Crippen molar-refractivity contribution in [3.05, 3.63) is 70.3 Å². The highest BCUT2D eigenvalue weighted by molar-refractivity contribution is 6.00. The zero-order valence-corrected chi connectivity index (χ0v) is 14.2. The number of methoxy groups -OCH3 is 1. The number of ether oxygens (including phenoxy) is 1. The summed E-state index contributed by atoms with van der Waals surface area (Å²) in [6, 6.07) is 12.8. The van der Waals surface area contributed by atoms with Gasteiger partial charge in [0, 0.05) is 23.8 Å². The van der Waals surface area contributed by atoms with E-state index in [0.717, 1.165) is 0 Å². The zero-order valence-electron chi connectivity index (χ0n) is 14.2. The Kier molecular flexibility index (Phi) is 5.22. The molecular weight excluding hydrogens is 352 g/mol. The topological polar surface area (TPSA) is 120 Å². The lowest BCUT2D eigenvalue weighted by Gasteiger charge is -1.99. The number of amides is 1. The van der Waals surface area contributed by atoms with E-state index in [1.54, 1.807) is 31.4 Å². The van der Waals surface area contributed by atoms with Gasteiger partial charge >= 0.3 is 6.01 Å². The maximum Gasteiger partial charge on any atom is 0.322 e. The van der Waals surface area contributed by atoms with Crippen molar-refractivity contribution in [2.24, 2.45) is 0 Å². The first-order valence-corrected chi connectivity index (χ1v) is 7.76. The summed E-state index contributed by atoms with van der Waals surface area (Å²) in [5, 5.41) is 20.7. The fraction of sp³-hybridized carbons (Fsp3) is 0.0556. The molecular formula is C18H14N4O5. The standard InChI is InChI=1S/C18H14N4O5/c1-26-15-9-5-13(6-10-15)17-20-21-18(27-17)19-16(23)11-4-12-2-7-14(8-3-12)22(24)25/h2-11H,1H3,(H,19,21,23). The van der Waals surface area contributed by atoms with Gasteiger partial charge in [0.15, 0.2) is 0 Å². The van der Waals surface area contributed by atoms with Gasteiger partial charge in [-0.15, -0.1) is 5.10 Å². The van der Waals surface area contributed by atoms with E-state index >= 15 is 0 Å². The summed E-state index contributed by atoms with van der Waals surface area (Å²) in [7, 11) is 1.57. The van der Waals surface area contributed by atoms with E-state index in [9.17, 15) is 14.9 Å². The normalized spacial score (nSPS) is 10.7. The van der Waals surface area contributed by atoms with Crippen LogP contribution in [0.15, 0.2) is 59.0 Å². The van der Waals surface area contributed by atoms with Crippen LogP contribution in [-0.4, -0.2) is 28.1 Å². The van der Waals surface area contributed by atoms with Gasteiger partial charge in [-0.05, 0) is 48.0 Å². The van der Waals surface area contributed by atoms with Crippen molar-refractivity contribution < 1.29 is 18.9 Å². The predicted molar refractivity (Wildman–Crippen MR) is 97.0 cm³/mol. The molecule has 1 aromatic heterocycles. The van der Waals surface area contributed by atoms with Gasteiger partial charge in [0.05, 0.1) is 12.0 Å². The van der Waals surface area contributed by atoms with Gasteiger partial charge in [-0.2, -0.15) is 0 Å². The number of nitro benzene ring substituents is 1. The van der Waals surface area contributed by atoms with E-state index in [1.165, 1.54) is 36.4 Å². The van der Waals surface area contributed by atoms with E-state index in [4.69, 9.17) is 9.15 Å². The van der Waals surface area contributed by atoms with Crippen LogP contribution in [0.25, 0.3) is 17.5 Å². The molecule has 0 spiro atoms. The molecule has 3 aromatic rings. The minimum Gasteiger partial charge on any atom is -0.497 e. The minimum atomic E-state index is -0.490. The Morgan fingerprint density at radius 2 is 1.85 bits per heavy atom. The first-order valence-electron chi connectivity index (χ1n) is 7.76. The first kappa shape index (κ1) is 17.8. The van der Waals surface area contributed by atoms with Gasteiger partial charge < -0.3 is 9.15 Å². The van der Waals surface area contributed by atoms with Gasteiger partial charge in [0.1, 0.15) is 5.75 Å². The maximum atomic E-state index is 11.9. The molecule has 2 aromatic carbocycles. The van der Waals surface area contributed by atoms with Crippen molar-refractivity contribution in [3.8, 4) is 17.2 Å². The van der Waals surface area contributed by atoms with Crippen LogP contribution in [-0.2, 0) is 4.79 Å². The van der Waals surface area contributed by atoms with Crippen LogP contribution in [0.4, 0.5) is 11.7 Å². The number of hydrogen-bond donors (Lipinski definition) is 1. The number of hydrogen-bond acceptors (Lipinski definition) is 7. The van der Waals surface area contributed by atoms with Crippen LogP contribution in [0, 0.1) is 10.1 Å². The Morgan fingerprint density at radius 3 is 2.48 bits per heavy atom. The fourth-order valence-corrected chi connectivity index (χ4v) is 2.15. The van der Waals surface area contributed by atoms with E-state index in [0.29, 0.717) is 16.9 Å². The molecule has 1 amide bonds. The Bertz CT molecular complexity index is 978. The fourth-order valence-electron chi connectivity index (χ4n) is 2.15. The third kappa shape index (κ3) is 4.54. The van der Waals surface area contributed by atoms with Crippen LogP contribution in [0.3, 0.4) is 0 Å². The van der Waals surface area contributed by atoms with E-state index in [1.807, 2.05) is 0 Å². The Labute approximate surface area is 153 Å². The number of anilines is 1. The first-order chi connectivity index (χ1) is 13.0. The maximum absolute atomic E-state index is 11.9. The molecule has 0 radical (unpaired) electrons. The molecule has 0 unspecified atom stereocenters. The van der Waals surface area contributed by atoms with Gasteiger partial charge in [-0.25, -0.2) is 0 Å². The third-order valence-corrected chi connectivity index (χ3v) is 3.52. The summed E-state index contributed by atoms with van der Waals surface area (Å²) in [5.41, 5.74) is 1.30. The summed E-state index contributed by atoms with van der Waals surface area (Å²) in [5.74, 6) is 0.480. The van der Waals surface area contributed by atoms with Crippen molar-refractivity contribution >= 4 is 23.7 Å². The Morgan fingerprint density at radius 1 is 1.15 bits per heavy atom. The van der Waals surface area contributed by atoms with Gasteiger partial charge in [-0.3, -0.25) is 20.2 Å². The highest BCUT2D eigenvalue weighted by Crippen LogP contribution is 2.22. The second kappa shape index (κ2) is 7.91. The molecule has 0 aliphatic carbocycles. The van der Waals surface area contributed by atoms with Crippen LogP contribution < -0.4 is 10.1 Å². The number of nitrogens with one attached hydrogen (secondary N) is 1. The van der Waals surface area contributed by atoms with Gasteiger partial charge in [0.25, 0.3) is 11.6 Å². The molecule has 27 heavy (non-hydrogen) atoms. The quantitative estimate of drug-likeness (QED) is 0.403. The molecule has 9 heteroatoms. The largest absolute Gasteiger partial charge is 0.497 e. The Balaban J connectivity index is 1.62. The van der Waals surface area contributed by atoms with Crippen LogP contribution >= 0.6 is 0 Å². The molecule has 0 aliphatic rings. The monoisotopic (exact) mass is 366 g/mol. The van der Waals surface area contributed by atoms with Crippen molar-refractivity contribution in [1.29, 1.82) is 0 Å². The molecule has 136 valence electrons. The number of rotatable bonds is 6. The second-order valence-corrected chi connectivity index (χ2v) is 5.31. The van der Waals surface area contributed by atoms with E-state index in [2.05, 4.69) is 15.5 Å². The third-order valence-electron chi connectivity index (χ3n) is 3.52. The predicted octanol–water partition coefficient (Wildman–Crippen LogP) is 3.31. The molecule has 1 N–H and O–H groups in total. The lowest BCUT2D eigenvalue weighted by molar-refractivity contribution is -0.384. The minimum absolute atomic E-state index is 0.0199. The molecule has 9 nitrogen and oxygen atoms in total. The van der Waals surface area contributed by atoms with Gasteiger partial charge in [0.2, 0.25) is 5.89 Å². The van der Waals surface area contributed by atoms with Crippen LogP contribution in [0.2, 0.25) is 0 Å². The molecule has 0 bridgehead atoms. The molecule has 0 atom stereocenters. The van der Waals surface area contributed by atoms with E-state index in [-0.39, 0.29) is 17.6 Å². The molecule has 1 heterocycles. The van der Waals surface area contributed by atoms with Crippen LogP contribution in [0.1, 0.15) is 5.56 Å². The smallest absolute Gasteiger partial charge is 0.322 e. The zero-order chi connectivity index (χ0) is 19.2. The summed E-state index contributed by atoms with van der Waals surface area (Å²) in [6.45, 7) is 0. The average Bonchev–Trinajstić information content (AvgIpc) is 3.15. The number of nitrogens with zero attached hydrogens (tertiary/aromatic N) is 3. The lowest BCUT2D eigenvalue weighted by Crippen LogP contribution is -2.07. The van der Waals surface area contributed by atoms with Crippen LogP contribution in [0.5, 0.6) is 5.75 Å². The van der Waals surface area contributed by atoms with Crippen molar-refractivity contribution in [3.63, 3.8) is 0 Å². The average molecular weight is 366 g/mol. The molecule has 0 fully saturated rings. The summed E-state index contributed by atoms with van der Waals surface area (Å²) >= 11 is 0. The number of non-ortho nitro benzene ring substituents is 1. The Hall–Kier alpha value is -4.01. The van der Waals surface area contributed by atoms with Crippen molar-refractivity contribution in [1.82, 2.24) is 10.2 Å². The number of carbonyl (C=O) groups excluding carboxylic acids is 1. The molecule has 0 saturated heterocycles. The highest BCUT2D eigenvalue weighted by Gasteiger charge is 2.10. The summed E-state index contributed by atoms with van der Waals surface area (Å²) in [6.07, 6.45) is 2.78. The number of nitro groups is 1. The van der Waals surface area contributed by atoms with E-state index < -0.39 is 10.8 Å². The highest BCUT2D eigenvalue weighted by atomic mass is 16.6.